The molecule has 2 spiro atoms. The summed E-state index contributed by atoms with van der Waals surface area (Å²) in [6.45, 7) is 7.46. The Morgan fingerprint density at radius 1 is 0.597 bits per heavy atom. The molecule has 0 saturated carbocycles. The predicted molar refractivity (Wildman–Crippen MR) is 257 cm³/mol. The Kier molecular flexibility index (Phi) is 6.29. The van der Waals surface area contributed by atoms with Gasteiger partial charge in [-0.3, -0.25) is 0 Å². The van der Waals surface area contributed by atoms with Crippen LogP contribution < -0.4 is 20.7 Å². The minimum Gasteiger partial charge on any atom is -0.332 e. The van der Waals surface area contributed by atoms with E-state index in [4.69, 9.17) is 0 Å². The summed E-state index contributed by atoms with van der Waals surface area (Å²) in [5.74, 6) is 0.676. The van der Waals surface area contributed by atoms with Crippen LogP contribution in [0.3, 0.4) is 0 Å². The van der Waals surface area contributed by atoms with Crippen molar-refractivity contribution in [2.75, 3.05) is 9.80 Å². The van der Waals surface area contributed by atoms with Crippen LogP contribution in [0.25, 0.3) is 11.1 Å². The fraction of sp³-hybridized carbons (Fsp3) is 0.220. The average Bonchev–Trinajstić information content (AvgIpc) is 3.76. The molecule has 6 aromatic rings. The molecule has 5 aliphatic carbocycles. The third-order valence-electron chi connectivity index (χ3n) is 17.2. The molecule has 9 aliphatic rings. The Labute approximate surface area is 365 Å². The summed E-state index contributed by atoms with van der Waals surface area (Å²) in [5.41, 5.74) is 28.0. The lowest BCUT2D eigenvalue weighted by Gasteiger charge is -2.63. The molecule has 6 aromatic carbocycles. The number of rotatable bonds is 0. The van der Waals surface area contributed by atoms with Gasteiger partial charge in [0, 0.05) is 28.6 Å². The first kappa shape index (κ1) is 34.3. The average molecular weight is 795 g/mol. The summed E-state index contributed by atoms with van der Waals surface area (Å²) in [6, 6.07) is 52.8. The van der Waals surface area contributed by atoms with Crippen molar-refractivity contribution in [2.45, 2.75) is 75.1 Å². The van der Waals surface area contributed by atoms with Crippen LogP contribution in [0.4, 0.5) is 22.7 Å². The third kappa shape index (κ3) is 3.63. The first-order chi connectivity index (χ1) is 30.5. The molecule has 5 atom stereocenters. The summed E-state index contributed by atoms with van der Waals surface area (Å²) in [5, 5.41) is 0. The van der Waals surface area contributed by atoms with Crippen molar-refractivity contribution in [1.82, 2.24) is 0 Å². The van der Waals surface area contributed by atoms with Gasteiger partial charge in [-0.15, -0.1) is 0 Å². The minimum absolute atomic E-state index is 0.154. The molecule has 4 heterocycles. The Morgan fingerprint density at radius 2 is 1.19 bits per heavy atom. The molecular formula is C59H47BN2. The molecule has 5 unspecified atom stereocenters. The summed E-state index contributed by atoms with van der Waals surface area (Å²) >= 11 is 0. The molecule has 0 amide bonds. The maximum absolute atomic E-state index is 2.84. The van der Waals surface area contributed by atoms with E-state index in [0.29, 0.717) is 5.92 Å². The summed E-state index contributed by atoms with van der Waals surface area (Å²) in [7, 11) is 0. The van der Waals surface area contributed by atoms with Gasteiger partial charge in [0.1, 0.15) is 0 Å². The van der Waals surface area contributed by atoms with E-state index in [1.54, 1.807) is 11.1 Å². The number of hydrogen-bond acceptors (Lipinski definition) is 2. The van der Waals surface area contributed by atoms with E-state index in [1.165, 1.54) is 113 Å². The van der Waals surface area contributed by atoms with Gasteiger partial charge in [0.15, 0.2) is 0 Å². The van der Waals surface area contributed by atoms with Crippen LogP contribution in [0.15, 0.2) is 180 Å². The standard InChI is InChI=1S/C59H47BN2/c1-35-30-31-44-40(32-35)39-18-6-9-21-43(39)59(44)45-22-10-12-28-51(45)61-53-33-36(2)34-57(3)56(53)60(49-26-14-24-47(59)54(49)61)50-27-15-25-48-55(50)62(57)52-29-13-11-23-46(52)58(48)41-19-7-4-16-37(41)38-17-5-8-20-42(38)58/h4,6-7,9-16,18-19,21-31,33-35,56H,5,8,17,20,32H2,1-3H3. The zero-order chi connectivity index (χ0) is 40.9. The lowest BCUT2D eigenvalue weighted by Crippen LogP contribution is -2.69. The lowest BCUT2D eigenvalue weighted by molar-refractivity contribution is 0.515. The Balaban J connectivity index is 1.08. The molecule has 0 bridgehead atoms. The summed E-state index contributed by atoms with van der Waals surface area (Å²) in [6.07, 6.45) is 16.1. The normalized spacial score (nSPS) is 28.0. The van der Waals surface area contributed by atoms with Crippen LogP contribution in [0, 0.1) is 5.92 Å². The fourth-order valence-corrected chi connectivity index (χ4v) is 15.4. The van der Waals surface area contributed by atoms with Gasteiger partial charge in [-0.2, -0.15) is 0 Å². The maximum atomic E-state index is 2.84. The zero-order valence-electron chi connectivity index (χ0n) is 35.7. The highest BCUT2D eigenvalue weighted by atomic mass is 15.3. The van der Waals surface area contributed by atoms with Crippen LogP contribution in [0.1, 0.15) is 97.4 Å². The van der Waals surface area contributed by atoms with E-state index in [9.17, 15) is 0 Å². The summed E-state index contributed by atoms with van der Waals surface area (Å²) in [4.78, 5) is 5.58. The van der Waals surface area contributed by atoms with Crippen LogP contribution >= 0.6 is 0 Å². The number of anilines is 4. The second-order valence-electron chi connectivity index (χ2n) is 20.0. The largest absolute Gasteiger partial charge is 0.332 e. The van der Waals surface area contributed by atoms with Gasteiger partial charge >= 0.3 is 0 Å². The van der Waals surface area contributed by atoms with Crippen LogP contribution in [0.2, 0.25) is 5.82 Å². The van der Waals surface area contributed by atoms with E-state index in [1.807, 2.05) is 0 Å². The molecular weight excluding hydrogens is 747 g/mol. The van der Waals surface area contributed by atoms with Crippen LogP contribution in [-0.2, 0) is 10.8 Å². The quantitative estimate of drug-likeness (QED) is 0.141. The number of hydrogen-bond donors (Lipinski definition) is 0. The molecule has 0 fully saturated rings. The molecule has 62 heavy (non-hydrogen) atoms. The third-order valence-corrected chi connectivity index (χ3v) is 17.2. The zero-order valence-corrected chi connectivity index (χ0v) is 35.7. The van der Waals surface area contributed by atoms with Crippen molar-refractivity contribution in [3.63, 3.8) is 0 Å². The monoisotopic (exact) mass is 794 g/mol. The highest BCUT2D eigenvalue weighted by molar-refractivity contribution is 6.90. The van der Waals surface area contributed by atoms with E-state index >= 15 is 0 Å². The van der Waals surface area contributed by atoms with Crippen molar-refractivity contribution < 1.29 is 0 Å². The molecule has 0 saturated heterocycles. The Bertz CT molecular complexity index is 3270. The Morgan fingerprint density at radius 3 is 1.97 bits per heavy atom. The van der Waals surface area contributed by atoms with Gasteiger partial charge in [0.05, 0.1) is 22.1 Å². The number of para-hydroxylation sites is 4. The van der Waals surface area contributed by atoms with Crippen molar-refractivity contribution in [1.29, 1.82) is 0 Å². The van der Waals surface area contributed by atoms with Gasteiger partial charge in [0.25, 0.3) is 0 Å². The van der Waals surface area contributed by atoms with Gasteiger partial charge in [-0.05, 0) is 148 Å². The molecule has 0 radical (unpaired) electrons. The fourth-order valence-electron chi connectivity index (χ4n) is 15.4. The van der Waals surface area contributed by atoms with Gasteiger partial charge in [-0.1, -0.05) is 152 Å². The topological polar surface area (TPSA) is 6.48 Å². The van der Waals surface area contributed by atoms with Crippen molar-refractivity contribution >= 4 is 51.5 Å². The molecule has 4 aliphatic heterocycles. The van der Waals surface area contributed by atoms with E-state index < -0.39 is 5.41 Å². The molecule has 2 nitrogen and oxygen atoms in total. The first-order valence-corrected chi connectivity index (χ1v) is 23.3. The van der Waals surface area contributed by atoms with Gasteiger partial charge < -0.3 is 9.80 Å². The second-order valence-corrected chi connectivity index (χ2v) is 20.0. The lowest BCUT2D eigenvalue weighted by atomic mass is 9.25. The first-order valence-electron chi connectivity index (χ1n) is 23.3. The van der Waals surface area contributed by atoms with Crippen LogP contribution in [-0.4, -0.2) is 12.3 Å². The van der Waals surface area contributed by atoms with E-state index in [-0.39, 0.29) is 23.5 Å². The molecule has 0 aromatic heterocycles. The second kappa shape index (κ2) is 11.4. The van der Waals surface area contributed by atoms with Crippen molar-refractivity contribution in [2.24, 2.45) is 5.92 Å². The number of allylic oxidation sites excluding steroid dienone is 8. The molecule has 296 valence electrons. The highest BCUT2D eigenvalue weighted by Gasteiger charge is 2.64. The number of benzene rings is 6. The predicted octanol–water partition coefficient (Wildman–Crippen LogP) is 12.6. The molecule has 0 N–H and O–H groups in total. The van der Waals surface area contributed by atoms with Gasteiger partial charge in [0.2, 0.25) is 6.71 Å². The summed E-state index contributed by atoms with van der Waals surface area (Å²) < 4.78 is 0. The Hall–Kier alpha value is -6.32. The van der Waals surface area contributed by atoms with Crippen LogP contribution in [0.5, 0.6) is 0 Å². The smallest absolute Gasteiger partial charge is 0.226 e. The minimum atomic E-state index is -0.408. The number of fused-ring (bicyclic) bond motifs is 20. The highest BCUT2D eigenvalue weighted by Crippen LogP contribution is 2.70. The SMILES string of the molecule is CC1=CC2(C)C3B(c4cccc5c4N(C3=C1)c1ccccc1C51C3=C(CC(C)C=C3)c3ccccc31)c1cccc3c1N2c1ccccc1C31C2=C(CCCC2)c2ccccc21. The molecule has 15 rings (SSSR count). The van der Waals surface area contributed by atoms with Crippen molar-refractivity contribution in [3.05, 3.63) is 225 Å². The van der Waals surface area contributed by atoms with Crippen molar-refractivity contribution in [3.8, 4) is 0 Å². The van der Waals surface area contributed by atoms with E-state index in [2.05, 4.69) is 188 Å². The van der Waals surface area contributed by atoms with E-state index in [0.717, 1.165) is 19.3 Å². The van der Waals surface area contributed by atoms with Gasteiger partial charge in [-0.25, -0.2) is 0 Å². The maximum Gasteiger partial charge on any atom is 0.226 e. The number of nitrogens with zero attached hydrogens (tertiary/aromatic N) is 2. The molecule has 3 heteroatoms.